The number of rotatable bonds is 0. The first kappa shape index (κ1) is 7.28. The molecule has 1 nitrogen and oxygen atoms in total. The van der Waals surface area contributed by atoms with Crippen LogP contribution in [0.15, 0.2) is 6.08 Å². The van der Waals surface area contributed by atoms with E-state index in [1.807, 2.05) is 6.08 Å². The Kier molecular flexibility index (Phi) is 4.62. The molecule has 1 heterocycles. The molecule has 0 amide bonds. The average Bonchev–Trinajstić information content (AvgIpc) is 1.72. The SMILES string of the molecule is [C-]1=CCNCC1.[V]. The summed E-state index contributed by atoms with van der Waals surface area (Å²) in [4.78, 5) is 0. The van der Waals surface area contributed by atoms with Gasteiger partial charge in [-0.05, 0) is 13.1 Å². The zero-order valence-corrected chi connectivity index (χ0v) is 5.54. The normalized spacial score (nSPS) is 18.3. The van der Waals surface area contributed by atoms with Crippen LogP contribution >= 0.6 is 0 Å². The summed E-state index contributed by atoms with van der Waals surface area (Å²) in [6, 6.07) is 0. The van der Waals surface area contributed by atoms with Crippen LogP contribution in [0.4, 0.5) is 0 Å². The Labute approximate surface area is 56.1 Å². The standard InChI is InChI=1S/C5H8N.V/c1-2-4-6-5-3-1;/h2,6H,3-5H2;/q-1;. The van der Waals surface area contributed by atoms with Crippen LogP contribution < -0.4 is 5.32 Å². The fraction of sp³-hybridized carbons (Fsp3) is 0.600. The number of nitrogens with one attached hydrogen (secondary N) is 1. The van der Waals surface area contributed by atoms with Gasteiger partial charge in [0.15, 0.2) is 0 Å². The van der Waals surface area contributed by atoms with Crippen molar-refractivity contribution in [1.29, 1.82) is 0 Å². The van der Waals surface area contributed by atoms with Crippen molar-refractivity contribution >= 4 is 0 Å². The molecule has 1 N–H and O–H groups in total. The smallest absolute Gasteiger partial charge is 0 e. The summed E-state index contributed by atoms with van der Waals surface area (Å²) in [6.45, 7) is 2.12. The minimum Gasteiger partial charge on any atom is -0.498 e. The van der Waals surface area contributed by atoms with E-state index in [9.17, 15) is 0 Å². The van der Waals surface area contributed by atoms with Gasteiger partial charge in [-0.15, -0.1) is 0 Å². The topological polar surface area (TPSA) is 12.0 Å². The second-order valence-corrected chi connectivity index (χ2v) is 1.36. The van der Waals surface area contributed by atoms with Gasteiger partial charge in [-0.25, -0.2) is 0 Å². The minimum atomic E-state index is 0. The predicted molar refractivity (Wildman–Crippen MR) is 25.3 cm³/mol. The third-order valence-corrected chi connectivity index (χ3v) is 0.837. The Morgan fingerprint density at radius 3 is 2.57 bits per heavy atom. The predicted octanol–water partition coefficient (Wildman–Crippen LogP) is 0.337. The van der Waals surface area contributed by atoms with Crippen molar-refractivity contribution in [3.63, 3.8) is 0 Å². The molecule has 0 aromatic heterocycles. The molecule has 0 saturated heterocycles. The van der Waals surface area contributed by atoms with E-state index in [1.165, 1.54) is 0 Å². The van der Waals surface area contributed by atoms with Crippen molar-refractivity contribution in [2.45, 2.75) is 6.42 Å². The summed E-state index contributed by atoms with van der Waals surface area (Å²) >= 11 is 0. The van der Waals surface area contributed by atoms with Crippen LogP contribution in [0.25, 0.3) is 0 Å². The first-order chi connectivity index (χ1) is 3.00. The van der Waals surface area contributed by atoms with E-state index in [4.69, 9.17) is 0 Å². The van der Waals surface area contributed by atoms with Gasteiger partial charge in [0.1, 0.15) is 0 Å². The van der Waals surface area contributed by atoms with Gasteiger partial charge in [0.05, 0.1) is 0 Å². The Hall–Kier alpha value is 0.284. The van der Waals surface area contributed by atoms with Crippen LogP contribution in [0.3, 0.4) is 0 Å². The van der Waals surface area contributed by atoms with E-state index in [1.54, 1.807) is 0 Å². The van der Waals surface area contributed by atoms with Crippen molar-refractivity contribution in [3.05, 3.63) is 12.2 Å². The molecule has 0 spiro atoms. The van der Waals surface area contributed by atoms with Gasteiger partial charge in [-0.3, -0.25) is 6.08 Å². The van der Waals surface area contributed by atoms with E-state index in [0.717, 1.165) is 19.5 Å². The molecule has 2 heteroatoms. The molecule has 0 bridgehead atoms. The number of hydrogen-bond donors (Lipinski definition) is 1. The van der Waals surface area contributed by atoms with Crippen molar-refractivity contribution in [1.82, 2.24) is 5.32 Å². The summed E-state index contributed by atoms with van der Waals surface area (Å²) in [7, 11) is 0. The molecule has 0 unspecified atom stereocenters. The van der Waals surface area contributed by atoms with Crippen molar-refractivity contribution in [2.24, 2.45) is 0 Å². The Morgan fingerprint density at radius 2 is 2.43 bits per heavy atom. The summed E-state index contributed by atoms with van der Waals surface area (Å²) < 4.78 is 0. The van der Waals surface area contributed by atoms with Crippen LogP contribution in [0.1, 0.15) is 6.42 Å². The van der Waals surface area contributed by atoms with Crippen molar-refractivity contribution in [3.8, 4) is 0 Å². The third-order valence-electron chi connectivity index (χ3n) is 0.837. The Morgan fingerprint density at radius 1 is 1.57 bits per heavy atom. The molecule has 1 aliphatic rings. The number of hydrogen-bond acceptors (Lipinski definition) is 1. The molecule has 39 valence electrons. The maximum Gasteiger partial charge on any atom is 0 e. The zero-order chi connectivity index (χ0) is 4.24. The second-order valence-electron chi connectivity index (χ2n) is 1.36. The molecule has 0 aliphatic carbocycles. The van der Waals surface area contributed by atoms with Crippen LogP contribution in [-0.2, 0) is 18.6 Å². The van der Waals surface area contributed by atoms with E-state index in [-0.39, 0.29) is 18.6 Å². The summed E-state index contributed by atoms with van der Waals surface area (Å²) in [5.41, 5.74) is 0. The monoisotopic (exact) mass is 133 g/mol. The average molecular weight is 133 g/mol. The summed E-state index contributed by atoms with van der Waals surface area (Å²) in [5, 5.41) is 3.17. The fourth-order valence-corrected chi connectivity index (χ4v) is 0.509. The summed E-state index contributed by atoms with van der Waals surface area (Å²) in [5.74, 6) is 0. The van der Waals surface area contributed by atoms with E-state index >= 15 is 0 Å². The van der Waals surface area contributed by atoms with Crippen LogP contribution in [-0.4, -0.2) is 13.1 Å². The largest absolute Gasteiger partial charge is 0.498 e. The van der Waals surface area contributed by atoms with Crippen molar-refractivity contribution in [2.75, 3.05) is 13.1 Å². The van der Waals surface area contributed by atoms with Crippen LogP contribution in [0.5, 0.6) is 0 Å². The van der Waals surface area contributed by atoms with Gasteiger partial charge < -0.3 is 11.4 Å². The van der Waals surface area contributed by atoms with E-state index in [2.05, 4.69) is 11.4 Å². The molecule has 7 heavy (non-hydrogen) atoms. The van der Waals surface area contributed by atoms with Crippen LogP contribution in [0.2, 0.25) is 0 Å². The van der Waals surface area contributed by atoms with Gasteiger partial charge in [-0.2, -0.15) is 6.42 Å². The maximum atomic E-state index is 3.17. The zero-order valence-electron chi connectivity index (χ0n) is 4.15. The third kappa shape index (κ3) is 2.92. The van der Waals surface area contributed by atoms with Gasteiger partial charge in [0, 0.05) is 18.6 Å². The minimum absolute atomic E-state index is 0. The molecule has 0 saturated carbocycles. The van der Waals surface area contributed by atoms with E-state index in [0.29, 0.717) is 0 Å². The molecule has 0 atom stereocenters. The summed E-state index contributed by atoms with van der Waals surface area (Å²) in [6.07, 6.45) is 6.21. The molecule has 0 aromatic rings. The molecular formula is C5H8NV-. The first-order valence-corrected chi connectivity index (χ1v) is 2.26. The Balaban J connectivity index is 0.000000360. The van der Waals surface area contributed by atoms with Gasteiger partial charge in [0.25, 0.3) is 0 Å². The molecule has 0 fully saturated rings. The first-order valence-electron chi connectivity index (χ1n) is 2.26. The van der Waals surface area contributed by atoms with E-state index < -0.39 is 0 Å². The molecule has 1 aliphatic heterocycles. The molecule has 1 rings (SSSR count). The van der Waals surface area contributed by atoms with Gasteiger partial charge >= 0.3 is 0 Å². The quantitative estimate of drug-likeness (QED) is 0.470. The molecule has 1 radical (unpaired) electrons. The maximum absolute atomic E-state index is 3.17. The van der Waals surface area contributed by atoms with Gasteiger partial charge in [-0.1, -0.05) is 0 Å². The van der Waals surface area contributed by atoms with Crippen molar-refractivity contribution < 1.29 is 18.6 Å². The fourth-order valence-electron chi connectivity index (χ4n) is 0.509. The van der Waals surface area contributed by atoms with Crippen LogP contribution in [0, 0.1) is 6.08 Å². The molecule has 0 aromatic carbocycles. The Bertz CT molecular complexity index is 53.1. The molecular weight excluding hydrogens is 125 g/mol. The second kappa shape index (κ2) is 4.44. The van der Waals surface area contributed by atoms with Gasteiger partial charge in [0.2, 0.25) is 0 Å².